The number of aromatic carboxylic acids is 1. The van der Waals surface area contributed by atoms with Crippen molar-refractivity contribution in [1.29, 1.82) is 0 Å². The van der Waals surface area contributed by atoms with Gasteiger partial charge in [0.1, 0.15) is 5.82 Å². The zero-order valence-corrected chi connectivity index (χ0v) is 9.61. The van der Waals surface area contributed by atoms with Crippen LogP contribution in [0.15, 0.2) is 29.8 Å². The van der Waals surface area contributed by atoms with Gasteiger partial charge in [-0.3, -0.25) is 0 Å². The van der Waals surface area contributed by atoms with E-state index in [-0.39, 0.29) is 5.56 Å². The standard InChI is InChI=1S/C13H14FNO2/c1-9-3-2-6-15(8-9)12-5-4-10(13(16)17)7-11(12)14/h3-5,7H,2,6,8H2,1H3,(H,16,17). The molecular weight excluding hydrogens is 221 g/mol. The summed E-state index contributed by atoms with van der Waals surface area (Å²) in [6, 6.07) is 4.05. The molecule has 1 aromatic carbocycles. The van der Waals surface area contributed by atoms with Crippen LogP contribution >= 0.6 is 0 Å². The van der Waals surface area contributed by atoms with Crippen molar-refractivity contribution >= 4 is 11.7 Å². The predicted octanol–water partition coefficient (Wildman–Crippen LogP) is 2.68. The summed E-state index contributed by atoms with van der Waals surface area (Å²) in [4.78, 5) is 12.6. The van der Waals surface area contributed by atoms with Gasteiger partial charge in [-0.1, -0.05) is 11.6 Å². The molecule has 17 heavy (non-hydrogen) atoms. The zero-order valence-electron chi connectivity index (χ0n) is 9.61. The molecule has 0 saturated carbocycles. The van der Waals surface area contributed by atoms with Gasteiger partial charge in [-0.05, 0) is 31.5 Å². The highest BCUT2D eigenvalue weighted by molar-refractivity contribution is 5.88. The van der Waals surface area contributed by atoms with E-state index >= 15 is 0 Å². The Morgan fingerprint density at radius 2 is 2.24 bits per heavy atom. The Bertz CT molecular complexity index is 482. The van der Waals surface area contributed by atoms with Crippen molar-refractivity contribution in [3.8, 4) is 0 Å². The van der Waals surface area contributed by atoms with Gasteiger partial charge in [0.2, 0.25) is 0 Å². The van der Waals surface area contributed by atoms with Crippen molar-refractivity contribution in [1.82, 2.24) is 0 Å². The summed E-state index contributed by atoms with van der Waals surface area (Å²) in [5.41, 5.74) is 1.66. The van der Waals surface area contributed by atoms with Crippen LogP contribution in [0.25, 0.3) is 0 Å². The summed E-state index contributed by atoms with van der Waals surface area (Å²) in [7, 11) is 0. The van der Waals surface area contributed by atoms with E-state index in [9.17, 15) is 9.18 Å². The molecule has 0 atom stereocenters. The second-order valence-corrected chi connectivity index (χ2v) is 4.23. The molecule has 2 rings (SSSR count). The van der Waals surface area contributed by atoms with Crippen molar-refractivity contribution in [2.75, 3.05) is 18.0 Å². The Morgan fingerprint density at radius 1 is 1.47 bits per heavy atom. The maximum absolute atomic E-state index is 13.8. The number of carboxylic acids is 1. The van der Waals surface area contributed by atoms with E-state index < -0.39 is 11.8 Å². The zero-order chi connectivity index (χ0) is 12.4. The summed E-state index contributed by atoms with van der Waals surface area (Å²) >= 11 is 0. The molecule has 3 nitrogen and oxygen atoms in total. The number of halogens is 1. The Kier molecular flexibility index (Phi) is 3.13. The molecule has 0 spiro atoms. The first-order chi connectivity index (χ1) is 8.08. The topological polar surface area (TPSA) is 40.5 Å². The van der Waals surface area contributed by atoms with Gasteiger partial charge in [0.15, 0.2) is 0 Å². The molecule has 0 bridgehead atoms. The van der Waals surface area contributed by atoms with Gasteiger partial charge < -0.3 is 10.0 Å². The molecule has 1 aliphatic rings. The summed E-state index contributed by atoms with van der Waals surface area (Å²) in [6.07, 6.45) is 3.03. The van der Waals surface area contributed by atoms with E-state index in [0.29, 0.717) is 12.2 Å². The normalized spacial score (nSPS) is 15.6. The lowest BCUT2D eigenvalue weighted by Crippen LogP contribution is -2.29. The van der Waals surface area contributed by atoms with Gasteiger partial charge in [0.25, 0.3) is 0 Å². The van der Waals surface area contributed by atoms with Crippen molar-refractivity contribution < 1.29 is 14.3 Å². The number of hydrogen-bond acceptors (Lipinski definition) is 2. The molecule has 0 aromatic heterocycles. The first-order valence-corrected chi connectivity index (χ1v) is 5.51. The molecule has 1 heterocycles. The lowest BCUT2D eigenvalue weighted by Gasteiger charge is -2.28. The lowest BCUT2D eigenvalue weighted by atomic mass is 10.1. The molecule has 0 fully saturated rings. The monoisotopic (exact) mass is 235 g/mol. The fourth-order valence-electron chi connectivity index (χ4n) is 2.01. The molecule has 90 valence electrons. The second-order valence-electron chi connectivity index (χ2n) is 4.23. The molecule has 0 radical (unpaired) electrons. The van der Waals surface area contributed by atoms with E-state index in [0.717, 1.165) is 19.0 Å². The van der Waals surface area contributed by atoms with E-state index in [2.05, 4.69) is 6.08 Å². The van der Waals surface area contributed by atoms with Crippen molar-refractivity contribution in [2.24, 2.45) is 0 Å². The number of rotatable bonds is 2. The van der Waals surface area contributed by atoms with Crippen molar-refractivity contribution in [3.63, 3.8) is 0 Å². The SMILES string of the molecule is CC1=CCCN(c2ccc(C(=O)O)cc2F)C1. The third-order valence-corrected chi connectivity index (χ3v) is 2.87. The van der Waals surface area contributed by atoms with Crippen LogP contribution in [-0.4, -0.2) is 24.2 Å². The molecule has 0 unspecified atom stereocenters. The fraction of sp³-hybridized carbons (Fsp3) is 0.308. The number of anilines is 1. The van der Waals surface area contributed by atoms with Gasteiger partial charge in [-0.25, -0.2) is 9.18 Å². The molecule has 0 saturated heterocycles. The molecule has 1 aromatic rings. The minimum absolute atomic E-state index is 0.0180. The van der Waals surface area contributed by atoms with Gasteiger partial charge >= 0.3 is 5.97 Å². The molecule has 1 N–H and O–H groups in total. The Morgan fingerprint density at radius 3 is 2.82 bits per heavy atom. The van der Waals surface area contributed by atoms with Crippen molar-refractivity contribution in [2.45, 2.75) is 13.3 Å². The van der Waals surface area contributed by atoms with Crippen LogP contribution in [0.2, 0.25) is 0 Å². The molecule has 1 aliphatic heterocycles. The summed E-state index contributed by atoms with van der Waals surface area (Å²) in [6.45, 7) is 3.47. The Hall–Kier alpha value is -1.84. The van der Waals surface area contributed by atoms with Gasteiger partial charge in [0.05, 0.1) is 11.3 Å². The van der Waals surface area contributed by atoms with E-state index in [4.69, 9.17) is 5.11 Å². The summed E-state index contributed by atoms with van der Waals surface area (Å²) in [5, 5.41) is 8.76. The highest BCUT2D eigenvalue weighted by Gasteiger charge is 2.16. The average Bonchev–Trinajstić information content (AvgIpc) is 2.28. The number of nitrogens with zero attached hydrogens (tertiary/aromatic N) is 1. The summed E-state index contributed by atoms with van der Waals surface area (Å²) < 4.78 is 13.8. The predicted molar refractivity (Wildman–Crippen MR) is 63.9 cm³/mol. The van der Waals surface area contributed by atoms with Crippen LogP contribution in [0.5, 0.6) is 0 Å². The fourth-order valence-corrected chi connectivity index (χ4v) is 2.01. The van der Waals surface area contributed by atoms with Crippen LogP contribution < -0.4 is 4.90 Å². The quantitative estimate of drug-likeness (QED) is 0.801. The van der Waals surface area contributed by atoms with E-state index in [1.165, 1.54) is 17.7 Å². The largest absolute Gasteiger partial charge is 0.478 e. The maximum Gasteiger partial charge on any atom is 0.335 e. The van der Waals surface area contributed by atoms with Crippen LogP contribution in [-0.2, 0) is 0 Å². The van der Waals surface area contributed by atoms with Gasteiger partial charge in [-0.2, -0.15) is 0 Å². The molecule has 0 amide bonds. The van der Waals surface area contributed by atoms with Gasteiger partial charge in [0, 0.05) is 13.1 Å². The highest BCUT2D eigenvalue weighted by atomic mass is 19.1. The Balaban J connectivity index is 2.28. The number of hydrogen-bond donors (Lipinski definition) is 1. The van der Waals surface area contributed by atoms with Gasteiger partial charge in [-0.15, -0.1) is 0 Å². The molecular formula is C13H14FNO2. The van der Waals surface area contributed by atoms with Crippen LogP contribution in [0.4, 0.5) is 10.1 Å². The van der Waals surface area contributed by atoms with Crippen LogP contribution in [0, 0.1) is 5.82 Å². The third-order valence-electron chi connectivity index (χ3n) is 2.87. The highest BCUT2D eigenvalue weighted by Crippen LogP contribution is 2.24. The smallest absolute Gasteiger partial charge is 0.335 e. The average molecular weight is 235 g/mol. The first kappa shape index (κ1) is 11.6. The van der Waals surface area contributed by atoms with Crippen LogP contribution in [0.1, 0.15) is 23.7 Å². The second kappa shape index (κ2) is 4.57. The number of carbonyl (C=O) groups is 1. The van der Waals surface area contributed by atoms with Crippen LogP contribution in [0.3, 0.4) is 0 Å². The van der Waals surface area contributed by atoms with E-state index in [1.807, 2.05) is 11.8 Å². The number of carboxylic acid groups (broad SMARTS) is 1. The Labute approximate surface area is 99.2 Å². The summed E-state index contributed by atoms with van der Waals surface area (Å²) in [5.74, 6) is -1.58. The van der Waals surface area contributed by atoms with E-state index in [1.54, 1.807) is 0 Å². The third kappa shape index (κ3) is 2.46. The van der Waals surface area contributed by atoms with Crippen molar-refractivity contribution in [3.05, 3.63) is 41.2 Å². The minimum atomic E-state index is -1.11. The number of benzene rings is 1. The lowest BCUT2D eigenvalue weighted by molar-refractivity contribution is 0.0696. The minimum Gasteiger partial charge on any atom is -0.478 e. The maximum atomic E-state index is 13.8. The first-order valence-electron chi connectivity index (χ1n) is 5.51. The molecule has 0 aliphatic carbocycles. The molecule has 4 heteroatoms.